The standard InChI is InChI=1S/C29H35N3O3/c33-28(26-6-5-24(15-30-26)35-18-25-2-1-11-34-25)31-23-13-20-4-3-19(12-21(20)14-23)16-32-17-22-7-9-29(22)10-8-27(29)32/h3-6,12,15,22-23,25,27H,1-2,7-11,13-14,16-18H2,(H,31,33)/t22?,23-,25+,27?,29?/m1/s1. The molecule has 2 aliphatic heterocycles. The summed E-state index contributed by atoms with van der Waals surface area (Å²) < 4.78 is 11.4. The van der Waals surface area contributed by atoms with Crippen LogP contribution in [0.3, 0.4) is 0 Å². The van der Waals surface area contributed by atoms with E-state index < -0.39 is 0 Å². The van der Waals surface area contributed by atoms with Crippen LogP contribution in [0.25, 0.3) is 0 Å². The van der Waals surface area contributed by atoms with Crippen molar-refractivity contribution in [1.29, 1.82) is 0 Å². The number of rotatable bonds is 7. The Balaban J connectivity index is 0.932. The van der Waals surface area contributed by atoms with Crippen molar-refractivity contribution >= 4 is 5.91 Å². The smallest absolute Gasteiger partial charge is 0.270 e. The van der Waals surface area contributed by atoms with Gasteiger partial charge >= 0.3 is 0 Å². The summed E-state index contributed by atoms with van der Waals surface area (Å²) in [6.07, 6.45) is 11.5. The van der Waals surface area contributed by atoms with Gasteiger partial charge in [-0.2, -0.15) is 0 Å². The van der Waals surface area contributed by atoms with E-state index in [1.54, 1.807) is 12.3 Å². The van der Waals surface area contributed by atoms with Gasteiger partial charge in [0.25, 0.3) is 5.91 Å². The predicted octanol–water partition coefficient (Wildman–Crippen LogP) is 3.91. The van der Waals surface area contributed by atoms with Crippen LogP contribution >= 0.6 is 0 Å². The van der Waals surface area contributed by atoms with Crippen LogP contribution < -0.4 is 10.1 Å². The van der Waals surface area contributed by atoms with E-state index in [0.29, 0.717) is 23.5 Å². The Morgan fingerprint density at radius 1 is 1.14 bits per heavy atom. The lowest BCUT2D eigenvalue weighted by Crippen LogP contribution is -2.53. The van der Waals surface area contributed by atoms with Gasteiger partial charge in [-0.1, -0.05) is 18.2 Å². The molecule has 0 radical (unpaired) electrons. The molecule has 2 aromatic rings. The highest BCUT2D eigenvalue weighted by atomic mass is 16.5. The Bertz CT molecular complexity index is 1110. The SMILES string of the molecule is O=C(N[C@@H]1Cc2ccc(CN3CC4CCC45CCC35)cc2C1)c1ccc(OC[C@@H]2CCCO2)cn1. The third kappa shape index (κ3) is 3.86. The number of fused-ring (bicyclic) bond motifs is 1. The lowest BCUT2D eigenvalue weighted by Gasteiger charge is -2.56. The molecule has 1 aromatic heterocycles. The Hall–Kier alpha value is -2.44. The third-order valence-corrected chi connectivity index (χ3v) is 9.57. The number of pyridine rings is 1. The van der Waals surface area contributed by atoms with Gasteiger partial charge in [0.1, 0.15) is 18.1 Å². The van der Waals surface area contributed by atoms with Gasteiger partial charge < -0.3 is 14.8 Å². The number of benzene rings is 1. The number of likely N-dealkylation sites (tertiary alicyclic amines) is 1. The molecule has 6 heteroatoms. The Morgan fingerprint density at radius 3 is 2.77 bits per heavy atom. The molecule has 3 unspecified atom stereocenters. The number of carbonyl (C=O) groups is 1. The number of carbonyl (C=O) groups excluding carboxylic acids is 1. The van der Waals surface area contributed by atoms with Gasteiger partial charge in [0.2, 0.25) is 0 Å². The number of hydrogen-bond acceptors (Lipinski definition) is 5. The second kappa shape index (κ2) is 8.59. The summed E-state index contributed by atoms with van der Waals surface area (Å²) >= 11 is 0. The number of amides is 1. The first-order valence-corrected chi connectivity index (χ1v) is 13.5. The molecule has 35 heavy (non-hydrogen) atoms. The molecule has 3 aliphatic carbocycles. The zero-order valence-corrected chi connectivity index (χ0v) is 20.4. The summed E-state index contributed by atoms with van der Waals surface area (Å²) in [7, 11) is 0. The van der Waals surface area contributed by atoms with Gasteiger partial charge in [0, 0.05) is 31.8 Å². The van der Waals surface area contributed by atoms with E-state index in [9.17, 15) is 4.79 Å². The van der Waals surface area contributed by atoms with Gasteiger partial charge in [0.05, 0.1) is 12.3 Å². The Morgan fingerprint density at radius 2 is 2.06 bits per heavy atom. The largest absolute Gasteiger partial charge is 0.489 e. The molecule has 2 saturated carbocycles. The zero-order chi connectivity index (χ0) is 23.4. The van der Waals surface area contributed by atoms with Crippen molar-refractivity contribution in [3.63, 3.8) is 0 Å². The van der Waals surface area contributed by atoms with Crippen LogP contribution in [0.2, 0.25) is 0 Å². The van der Waals surface area contributed by atoms with Gasteiger partial charge in [-0.25, -0.2) is 4.98 Å². The number of ether oxygens (including phenoxy) is 2. The van der Waals surface area contributed by atoms with E-state index in [2.05, 4.69) is 33.4 Å². The average Bonchev–Trinajstić information content (AvgIpc) is 3.51. The monoisotopic (exact) mass is 473 g/mol. The highest BCUT2D eigenvalue weighted by Gasteiger charge is 2.63. The topological polar surface area (TPSA) is 63.7 Å². The fourth-order valence-corrected chi connectivity index (χ4v) is 7.47. The highest BCUT2D eigenvalue weighted by molar-refractivity contribution is 5.92. The minimum Gasteiger partial charge on any atom is -0.489 e. The molecule has 0 bridgehead atoms. The molecular weight excluding hydrogens is 438 g/mol. The normalized spacial score (nSPS) is 32.8. The second-order valence-corrected chi connectivity index (χ2v) is 11.5. The van der Waals surface area contributed by atoms with E-state index in [1.807, 2.05) is 6.07 Å². The number of nitrogens with one attached hydrogen (secondary N) is 1. The molecule has 5 aliphatic rings. The molecule has 7 rings (SSSR count). The first-order chi connectivity index (χ1) is 17.2. The molecule has 1 aromatic carbocycles. The van der Waals surface area contributed by atoms with E-state index >= 15 is 0 Å². The molecule has 6 nitrogen and oxygen atoms in total. The van der Waals surface area contributed by atoms with Crippen LogP contribution in [-0.4, -0.2) is 53.7 Å². The fourth-order valence-electron chi connectivity index (χ4n) is 7.47. The summed E-state index contributed by atoms with van der Waals surface area (Å²) in [6.45, 7) is 3.73. The molecule has 184 valence electrons. The van der Waals surface area contributed by atoms with E-state index in [1.165, 1.54) is 48.9 Å². The third-order valence-electron chi connectivity index (χ3n) is 9.57. The maximum Gasteiger partial charge on any atom is 0.270 e. The van der Waals surface area contributed by atoms with Crippen molar-refractivity contribution in [2.24, 2.45) is 11.3 Å². The maximum absolute atomic E-state index is 12.8. The van der Waals surface area contributed by atoms with Crippen LogP contribution in [0.15, 0.2) is 36.5 Å². The lowest BCUT2D eigenvalue weighted by molar-refractivity contribution is -0.0477. The molecule has 1 amide bonds. The van der Waals surface area contributed by atoms with Crippen LogP contribution in [0.5, 0.6) is 5.75 Å². The van der Waals surface area contributed by atoms with E-state index in [0.717, 1.165) is 50.8 Å². The van der Waals surface area contributed by atoms with Crippen molar-refractivity contribution in [1.82, 2.24) is 15.2 Å². The van der Waals surface area contributed by atoms with Crippen molar-refractivity contribution in [3.8, 4) is 5.75 Å². The Kier molecular flexibility index (Phi) is 5.36. The maximum atomic E-state index is 12.8. The summed E-state index contributed by atoms with van der Waals surface area (Å²) in [6, 6.07) is 11.5. The van der Waals surface area contributed by atoms with Gasteiger partial charge in [0.15, 0.2) is 0 Å². The van der Waals surface area contributed by atoms with Crippen molar-refractivity contribution in [3.05, 3.63) is 58.9 Å². The molecule has 2 saturated heterocycles. The molecule has 3 heterocycles. The van der Waals surface area contributed by atoms with Crippen molar-refractivity contribution in [2.45, 2.75) is 76.1 Å². The second-order valence-electron chi connectivity index (χ2n) is 11.5. The molecule has 4 fully saturated rings. The first-order valence-electron chi connectivity index (χ1n) is 13.5. The summed E-state index contributed by atoms with van der Waals surface area (Å²) in [5.74, 6) is 1.53. The number of hydrogen-bond donors (Lipinski definition) is 1. The number of aromatic nitrogens is 1. The molecule has 1 spiro atoms. The minimum atomic E-state index is -0.114. The van der Waals surface area contributed by atoms with Crippen molar-refractivity contribution < 1.29 is 14.3 Å². The first kappa shape index (κ1) is 21.8. The van der Waals surface area contributed by atoms with E-state index in [4.69, 9.17) is 9.47 Å². The average molecular weight is 474 g/mol. The predicted molar refractivity (Wildman–Crippen MR) is 132 cm³/mol. The van der Waals surface area contributed by atoms with Crippen LogP contribution in [0.4, 0.5) is 0 Å². The summed E-state index contributed by atoms with van der Waals surface area (Å²) in [4.78, 5) is 19.9. The minimum absolute atomic E-state index is 0.114. The van der Waals surface area contributed by atoms with Crippen LogP contribution in [-0.2, 0) is 24.1 Å². The molecule has 5 atom stereocenters. The van der Waals surface area contributed by atoms with Gasteiger partial charge in [-0.3, -0.25) is 9.69 Å². The lowest BCUT2D eigenvalue weighted by atomic mass is 9.50. The van der Waals surface area contributed by atoms with Crippen molar-refractivity contribution in [2.75, 3.05) is 19.8 Å². The number of nitrogens with zero attached hydrogens (tertiary/aromatic N) is 2. The summed E-state index contributed by atoms with van der Waals surface area (Å²) in [5, 5.41) is 3.20. The summed E-state index contributed by atoms with van der Waals surface area (Å²) in [5.41, 5.74) is 5.33. The molecule has 1 N–H and O–H groups in total. The van der Waals surface area contributed by atoms with Gasteiger partial charge in [-0.15, -0.1) is 0 Å². The van der Waals surface area contributed by atoms with E-state index in [-0.39, 0.29) is 18.1 Å². The van der Waals surface area contributed by atoms with Crippen LogP contribution in [0, 0.1) is 11.3 Å². The van der Waals surface area contributed by atoms with Gasteiger partial charge in [-0.05, 0) is 91.5 Å². The quantitative estimate of drug-likeness (QED) is 0.661. The molecular formula is C29H35N3O3. The Labute approximate surface area is 207 Å². The fraction of sp³-hybridized carbons (Fsp3) is 0.586. The zero-order valence-electron chi connectivity index (χ0n) is 20.4. The van der Waals surface area contributed by atoms with Crippen LogP contribution in [0.1, 0.15) is 65.7 Å². The highest BCUT2D eigenvalue weighted by Crippen LogP contribution is 2.65.